The number of carbonyl (C=O) groups excluding carboxylic acids is 2. The van der Waals surface area contributed by atoms with E-state index in [-0.39, 0.29) is 17.3 Å². The number of benzene rings is 3. The Bertz CT molecular complexity index is 1440. The van der Waals surface area contributed by atoms with Crippen molar-refractivity contribution >= 4 is 39.1 Å². The molecular weight excluding hydrogens is 558 g/mol. The maximum absolute atomic E-state index is 14.2. The molecule has 0 heterocycles. The molecule has 9 heteroatoms. The summed E-state index contributed by atoms with van der Waals surface area (Å²) < 4.78 is 29.2. The number of carbonyl (C=O) groups is 2. The topological polar surface area (TPSA) is 86.8 Å². The van der Waals surface area contributed by atoms with Crippen LogP contribution in [-0.2, 0) is 26.2 Å². The number of nitrogens with one attached hydrogen (secondary N) is 1. The zero-order chi connectivity index (χ0) is 30.2. The van der Waals surface area contributed by atoms with Gasteiger partial charge < -0.3 is 10.2 Å². The normalized spacial score (nSPS) is 12.0. The van der Waals surface area contributed by atoms with E-state index in [1.54, 1.807) is 37.3 Å². The van der Waals surface area contributed by atoms with Gasteiger partial charge in [0.05, 0.1) is 10.6 Å². The van der Waals surface area contributed by atoms with E-state index < -0.39 is 28.5 Å². The number of aryl methyl sites for hydroxylation is 2. The van der Waals surface area contributed by atoms with E-state index in [0.29, 0.717) is 29.2 Å². The van der Waals surface area contributed by atoms with E-state index >= 15 is 0 Å². The van der Waals surface area contributed by atoms with E-state index in [1.165, 1.54) is 17.0 Å². The van der Waals surface area contributed by atoms with Gasteiger partial charge in [0.2, 0.25) is 11.8 Å². The van der Waals surface area contributed by atoms with Gasteiger partial charge in [-0.15, -0.1) is 0 Å². The van der Waals surface area contributed by atoms with Crippen molar-refractivity contribution in [2.24, 2.45) is 0 Å². The zero-order valence-electron chi connectivity index (χ0n) is 24.5. The Balaban J connectivity index is 2.07. The molecule has 0 spiro atoms. The largest absolute Gasteiger partial charge is 0.354 e. The molecule has 220 valence electrons. The van der Waals surface area contributed by atoms with Crippen molar-refractivity contribution < 1.29 is 18.0 Å². The number of sulfonamides is 1. The molecule has 2 amide bonds. The highest BCUT2D eigenvalue weighted by Gasteiger charge is 2.34. The van der Waals surface area contributed by atoms with Crippen LogP contribution in [0.1, 0.15) is 55.4 Å². The molecule has 0 saturated carbocycles. The highest BCUT2D eigenvalue weighted by Crippen LogP contribution is 2.31. The highest BCUT2D eigenvalue weighted by molar-refractivity contribution is 7.92. The third-order valence-corrected chi connectivity index (χ3v) is 9.27. The quantitative estimate of drug-likeness (QED) is 0.238. The van der Waals surface area contributed by atoms with Crippen LogP contribution in [0.4, 0.5) is 5.69 Å². The molecule has 1 unspecified atom stereocenters. The number of hydrogen-bond acceptors (Lipinski definition) is 4. The Morgan fingerprint density at radius 3 is 2.10 bits per heavy atom. The molecule has 0 aliphatic carbocycles. The Kier molecular flexibility index (Phi) is 11.4. The van der Waals surface area contributed by atoms with Gasteiger partial charge in [-0.05, 0) is 69.0 Å². The van der Waals surface area contributed by atoms with Crippen molar-refractivity contribution in [3.63, 3.8) is 0 Å². The number of hydrogen-bond donors (Lipinski definition) is 1. The number of rotatable bonds is 13. The minimum atomic E-state index is -4.16. The number of unbranched alkanes of at least 4 members (excludes halogenated alkanes) is 1. The first kappa shape index (κ1) is 32.2. The maximum atomic E-state index is 14.2. The minimum Gasteiger partial charge on any atom is -0.354 e. The summed E-state index contributed by atoms with van der Waals surface area (Å²) >= 11 is 6.40. The van der Waals surface area contributed by atoms with Gasteiger partial charge in [-0.2, -0.15) is 0 Å². The monoisotopic (exact) mass is 597 g/mol. The summed E-state index contributed by atoms with van der Waals surface area (Å²) in [5.74, 6) is -0.744. The van der Waals surface area contributed by atoms with Gasteiger partial charge in [0.25, 0.3) is 10.0 Å². The third-order valence-electron chi connectivity index (χ3n) is 7.08. The van der Waals surface area contributed by atoms with Gasteiger partial charge in [0, 0.05) is 18.1 Å². The van der Waals surface area contributed by atoms with Crippen LogP contribution in [0.5, 0.6) is 0 Å². The number of halogens is 1. The van der Waals surface area contributed by atoms with Crippen LogP contribution >= 0.6 is 11.6 Å². The molecule has 1 atom stereocenters. The van der Waals surface area contributed by atoms with Crippen LogP contribution in [0.2, 0.25) is 5.02 Å². The van der Waals surface area contributed by atoms with E-state index in [2.05, 4.69) is 5.32 Å². The summed E-state index contributed by atoms with van der Waals surface area (Å²) in [5.41, 5.74) is 3.67. The average molecular weight is 598 g/mol. The molecule has 3 aromatic rings. The second-order valence-electron chi connectivity index (χ2n) is 10.3. The summed E-state index contributed by atoms with van der Waals surface area (Å²) in [6, 6.07) is 18.4. The Morgan fingerprint density at radius 2 is 1.51 bits per heavy atom. The first-order chi connectivity index (χ1) is 19.5. The van der Waals surface area contributed by atoms with Crippen molar-refractivity contribution in [1.29, 1.82) is 0 Å². The molecule has 0 aliphatic rings. The van der Waals surface area contributed by atoms with Gasteiger partial charge in [-0.1, -0.05) is 85.5 Å². The smallest absolute Gasteiger partial charge is 0.264 e. The molecule has 7 nitrogen and oxygen atoms in total. The molecular formula is C32H40ClN3O4S. The number of amides is 2. The SMILES string of the molecule is CCCCNC(=O)C(CC)N(Cc1ccc(C)cc1)C(=O)CN(c1cccc(Cl)c1C)S(=O)(=O)c1ccc(C)cc1. The number of nitrogens with zero attached hydrogens (tertiary/aromatic N) is 2. The van der Waals surface area contributed by atoms with Crippen LogP contribution < -0.4 is 9.62 Å². The Hall–Kier alpha value is -3.36. The van der Waals surface area contributed by atoms with Crippen LogP contribution in [0.3, 0.4) is 0 Å². The fourth-order valence-corrected chi connectivity index (χ4v) is 6.17. The minimum absolute atomic E-state index is 0.0599. The average Bonchev–Trinajstić information content (AvgIpc) is 2.94. The van der Waals surface area contributed by atoms with Crippen molar-refractivity contribution in [2.45, 2.75) is 71.4 Å². The molecule has 0 radical (unpaired) electrons. The maximum Gasteiger partial charge on any atom is 0.264 e. The standard InChI is InChI=1S/C32H40ClN3O4S/c1-6-8-20-34-32(38)29(7-2)35(21-26-16-12-23(3)13-17-26)31(37)22-36(30-11-9-10-28(33)25(30)5)41(39,40)27-18-14-24(4)15-19-27/h9-19,29H,6-8,20-22H2,1-5H3,(H,34,38). The second kappa shape index (κ2) is 14.5. The molecule has 1 N–H and O–H groups in total. The van der Waals surface area contributed by atoms with Crippen LogP contribution in [0.25, 0.3) is 0 Å². The van der Waals surface area contributed by atoms with Crippen molar-refractivity contribution in [2.75, 3.05) is 17.4 Å². The molecule has 0 aliphatic heterocycles. The van der Waals surface area contributed by atoms with E-state index in [1.807, 2.05) is 52.0 Å². The fraction of sp³-hybridized carbons (Fsp3) is 0.375. The van der Waals surface area contributed by atoms with Crippen molar-refractivity contribution in [3.05, 3.63) is 94.0 Å². The van der Waals surface area contributed by atoms with Crippen LogP contribution in [0, 0.1) is 20.8 Å². The summed E-state index contributed by atoms with van der Waals surface area (Å²) in [6.07, 6.45) is 2.12. The summed E-state index contributed by atoms with van der Waals surface area (Å²) in [4.78, 5) is 29.0. The molecule has 0 saturated heterocycles. The van der Waals surface area contributed by atoms with Gasteiger partial charge in [-0.25, -0.2) is 8.42 Å². The third kappa shape index (κ3) is 8.11. The van der Waals surface area contributed by atoms with E-state index in [9.17, 15) is 18.0 Å². The number of anilines is 1. The highest BCUT2D eigenvalue weighted by atomic mass is 35.5. The molecule has 3 aromatic carbocycles. The molecule has 41 heavy (non-hydrogen) atoms. The summed E-state index contributed by atoms with van der Waals surface area (Å²) in [6.45, 7) is 9.63. The predicted molar refractivity (Wildman–Crippen MR) is 166 cm³/mol. The summed E-state index contributed by atoms with van der Waals surface area (Å²) in [7, 11) is -4.16. The first-order valence-electron chi connectivity index (χ1n) is 14.0. The Labute approximate surface area is 249 Å². The lowest BCUT2D eigenvalue weighted by Crippen LogP contribution is -2.52. The van der Waals surface area contributed by atoms with Gasteiger partial charge in [-0.3, -0.25) is 13.9 Å². The fourth-order valence-electron chi connectivity index (χ4n) is 4.53. The van der Waals surface area contributed by atoms with Crippen LogP contribution in [0.15, 0.2) is 71.6 Å². The van der Waals surface area contributed by atoms with Crippen molar-refractivity contribution in [1.82, 2.24) is 10.2 Å². The molecule has 0 bridgehead atoms. The van der Waals surface area contributed by atoms with Gasteiger partial charge in [0.1, 0.15) is 12.6 Å². The Morgan fingerprint density at radius 1 is 0.902 bits per heavy atom. The molecule has 0 fully saturated rings. The van der Waals surface area contributed by atoms with Gasteiger partial charge in [0.15, 0.2) is 0 Å². The molecule has 0 aromatic heterocycles. The van der Waals surface area contributed by atoms with Gasteiger partial charge >= 0.3 is 0 Å². The lowest BCUT2D eigenvalue weighted by molar-refractivity contribution is -0.140. The lowest BCUT2D eigenvalue weighted by Gasteiger charge is -2.33. The molecule has 3 rings (SSSR count). The van der Waals surface area contributed by atoms with Crippen LogP contribution in [-0.4, -0.2) is 44.3 Å². The first-order valence-corrected chi connectivity index (χ1v) is 15.8. The second-order valence-corrected chi connectivity index (χ2v) is 12.6. The van der Waals surface area contributed by atoms with E-state index in [0.717, 1.165) is 33.8 Å². The predicted octanol–water partition coefficient (Wildman–Crippen LogP) is 6.18. The van der Waals surface area contributed by atoms with E-state index in [4.69, 9.17) is 11.6 Å². The summed E-state index contributed by atoms with van der Waals surface area (Å²) in [5, 5.41) is 3.33. The zero-order valence-corrected chi connectivity index (χ0v) is 26.1. The lowest BCUT2D eigenvalue weighted by atomic mass is 10.1. The van der Waals surface area contributed by atoms with Crippen molar-refractivity contribution in [3.8, 4) is 0 Å².